The molecule has 0 aliphatic heterocycles. The van der Waals surface area contributed by atoms with Crippen molar-refractivity contribution >= 4 is 23.2 Å². The molecule has 0 saturated carbocycles. The van der Waals surface area contributed by atoms with Gasteiger partial charge in [0.1, 0.15) is 11.3 Å². The van der Waals surface area contributed by atoms with Gasteiger partial charge in [0.05, 0.1) is 19.9 Å². The Labute approximate surface area is 121 Å². The van der Waals surface area contributed by atoms with E-state index < -0.39 is 0 Å². The van der Waals surface area contributed by atoms with Gasteiger partial charge in [-0.15, -0.1) is 0 Å². The fourth-order valence-electron chi connectivity index (χ4n) is 1.69. The second-order valence-electron chi connectivity index (χ2n) is 3.86. The number of hydrogen-bond donors (Lipinski definition) is 1. The largest absolute Gasteiger partial charge is 0.495 e. The van der Waals surface area contributed by atoms with Gasteiger partial charge in [0, 0.05) is 11.2 Å². The van der Waals surface area contributed by atoms with E-state index in [0.29, 0.717) is 22.0 Å². The zero-order chi connectivity index (χ0) is 14.5. The van der Waals surface area contributed by atoms with Gasteiger partial charge in [-0.1, -0.05) is 11.6 Å². The van der Waals surface area contributed by atoms with Gasteiger partial charge < -0.3 is 14.8 Å². The average molecular weight is 293 g/mol. The third-order valence-electron chi connectivity index (χ3n) is 2.62. The first-order valence-electron chi connectivity index (χ1n) is 5.79. The first-order chi connectivity index (χ1) is 9.65. The van der Waals surface area contributed by atoms with Crippen LogP contribution in [0.1, 0.15) is 10.4 Å². The molecule has 2 aromatic rings. The third kappa shape index (κ3) is 3.00. The highest BCUT2D eigenvalue weighted by Crippen LogP contribution is 2.28. The maximum Gasteiger partial charge on any atom is 0.261 e. The first-order valence-corrected chi connectivity index (χ1v) is 6.17. The number of aromatic nitrogens is 1. The summed E-state index contributed by atoms with van der Waals surface area (Å²) >= 11 is 5.92. The summed E-state index contributed by atoms with van der Waals surface area (Å²) in [6.07, 6.45) is 1.55. The molecular formula is C14H13ClN2O3. The molecule has 1 aromatic carbocycles. The number of anilines is 1. The molecule has 0 atom stereocenters. The second-order valence-corrected chi connectivity index (χ2v) is 4.30. The lowest BCUT2D eigenvalue weighted by Crippen LogP contribution is -2.14. The van der Waals surface area contributed by atoms with Crippen LogP contribution in [0.3, 0.4) is 0 Å². The Morgan fingerprint density at radius 1 is 1.25 bits per heavy atom. The molecule has 1 heterocycles. The number of methoxy groups -OCH3 is 2. The molecule has 104 valence electrons. The maximum absolute atomic E-state index is 12.2. The van der Waals surface area contributed by atoms with Crippen molar-refractivity contribution < 1.29 is 14.3 Å². The first kappa shape index (κ1) is 14.1. The van der Waals surface area contributed by atoms with Gasteiger partial charge in [0.25, 0.3) is 5.91 Å². The van der Waals surface area contributed by atoms with Crippen molar-refractivity contribution in [1.29, 1.82) is 0 Å². The molecule has 20 heavy (non-hydrogen) atoms. The van der Waals surface area contributed by atoms with E-state index in [2.05, 4.69) is 10.3 Å². The minimum atomic E-state index is -0.351. The van der Waals surface area contributed by atoms with Crippen LogP contribution in [-0.2, 0) is 0 Å². The molecule has 1 aromatic heterocycles. The molecule has 2 rings (SSSR count). The van der Waals surface area contributed by atoms with Crippen molar-refractivity contribution in [1.82, 2.24) is 4.98 Å². The van der Waals surface area contributed by atoms with Gasteiger partial charge in [-0.2, -0.15) is 0 Å². The van der Waals surface area contributed by atoms with E-state index >= 15 is 0 Å². The summed E-state index contributed by atoms with van der Waals surface area (Å²) in [7, 11) is 2.97. The summed E-state index contributed by atoms with van der Waals surface area (Å²) in [6.45, 7) is 0. The monoisotopic (exact) mass is 292 g/mol. The lowest BCUT2D eigenvalue weighted by Gasteiger charge is -2.11. The molecule has 0 saturated heterocycles. The summed E-state index contributed by atoms with van der Waals surface area (Å²) in [4.78, 5) is 16.2. The van der Waals surface area contributed by atoms with Crippen molar-refractivity contribution in [2.75, 3.05) is 19.5 Å². The average Bonchev–Trinajstić information content (AvgIpc) is 2.47. The number of ether oxygens (including phenoxy) is 2. The van der Waals surface area contributed by atoms with E-state index in [0.717, 1.165) is 0 Å². The second kappa shape index (κ2) is 6.25. The number of amides is 1. The zero-order valence-corrected chi connectivity index (χ0v) is 11.8. The van der Waals surface area contributed by atoms with Crippen LogP contribution >= 0.6 is 11.6 Å². The lowest BCUT2D eigenvalue weighted by molar-refractivity contribution is 0.102. The Hall–Kier alpha value is -2.27. The number of rotatable bonds is 4. The van der Waals surface area contributed by atoms with E-state index in [1.165, 1.54) is 14.2 Å². The molecule has 0 bridgehead atoms. The van der Waals surface area contributed by atoms with Crippen LogP contribution in [0.4, 0.5) is 5.69 Å². The number of hydrogen-bond acceptors (Lipinski definition) is 4. The number of nitrogens with zero attached hydrogens (tertiary/aromatic N) is 1. The highest BCUT2D eigenvalue weighted by atomic mass is 35.5. The normalized spacial score (nSPS) is 9.95. The van der Waals surface area contributed by atoms with E-state index in [4.69, 9.17) is 21.1 Å². The van der Waals surface area contributed by atoms with Gasteiger partial charge in [-0.05, 0) is 30.3 Å². The Balaban J connectivity index is 2.30. The van der Waals surface area contributed by atoms with E-state index in [-0.39, 0.29) is 11.8 Å². The Bertz CT molecular complexity index is 632. The quantitative estimate of drug-likeness (QED) is 0.941. The highest BCUT2D eigenvalue weighted by Gasteiger charge is 2.15. The summed E-state index contributed by atoms with van der Waals surface area (Å²) in [6, 6.07) is 8.26. The molecule has 5 nitrogen and oxygen atoms in total. The molecule has 0 aliphatic rings. The molecule has 6 heteroatoms. The number of nitrogens with one attached hydrogen (secondary N) is 1. The fourth-order valence-corrected chi connectivity index (χ4v) is 1.87. The lowest BCUT2D eigenvalue weighted by atomic mass is 10.2. The maximum atomic E-state index is 12.2. The van der Waals surface area contributed by atoms with E-state index in [1.54, 1.807) is 36.5 Å². The van der Waals surface area contributed by atoms with Gasteiger partial charge in [-0.25, -0.2) is 4.98 Å². The number of carbonyl (C=O) groups is 1. The number of pyridine rings is 1. The predicted octanol–water partition coefficient (Wildman–Crippen LogP) is 3.00. The molecule has 1 amide bonds. The van der Waals surface area contributed by atoms with Crippen LogP contribution in [-0.4, -0.2) is 25.1 Å². The minimum absolute atomic E-state index is 0.256. The van der Waals surface area contributed by atoms with Crippen molar-refractivity contribution in [2.45, 2.75) is 0 Å². The Morgan fingerprint density at radius 2 is 2.05 bits per heavy atom. The summed E-state index contributed by atoms with van der Waals surface area (Å²) in [5.41, 5.74) is 0.813. The number of halogens is 1. The summed E-state index contributed by atoms with van der Waals surface area (Å²) in [5.74, 6) is 0.423. The van der Waals surface area contributed by atoms with Crippen LogP contribution < -0.4 is 14.8 Å². The highest BCUT2D eigenvalue weighted by molar-refractivity contribution is 6.31. The molecule has 0 radical (unpaired) electrons. The van der Waals surface area contributed by atoms with Crippen LogP contribution in [0.25, 0.3) is 0 Å². The molecule has 1 N–H and O–H groups in total. The number of carbonyl (C=O) groups excluding carboxylic acids is 1. The minimum Gasteiger partial charge on any atom is -0.495 e. The smallest absolute Gasteiger partial charge is 0.261 e. The standard InChI is InChI=1S/C14H13ClN2O3/c1-19-12-6-5-9(15)8-11(12)17-13(18)10-4-3-7-16-14(10)20-2/h3-8H,1-2H3,(H,17,18). The van der Waals surface area contributed by atoms with Crippen molar-refractivity contribution in [3.05, 3.63) is 47.1 Å². The van der Waals surface area contributed by atoms with Gasteiger partial charge in [-0.3, -0.25) is 4.79 Å². The van der Waals surface area contributed by atoms with Crippen LogP contribution in [0.2, 0.25) is 5.02 Å². The molecular weight excluding hydrogens is 280 g/mol. The van der Waals surface area contributed by atoms with Crippen LogP contribution in [0.15, 0.2) is 36.5 Å². The molecule has 0 aliphatic carbocycles. The van der Waals surface area contributed by atoms with Crippen molar-refractivity contribution in [3.63, 3.8) is 0 Å². The van der Waals surface area contributed by atoms with Crippen molar-refractivity contribution in [2.24, 2.45) is 0 Å². The van der Waals surface area contributed by atoms with Crippen LogP contribution in [0, 0.1) is 0 Å². The third-order valence-corrected chi connectivity index (χ3v) is 2.85. The topological polar surface area (TPSA) is 60.5 Å². The number of benzene rings is 1. The Kier molecular flexibility index (Phi) is 4.42. The van der Waals surface area contributed by atoms with Gasteiger partial charge >= 0.3 is 0 Å². The summed E-state index contributed by atoms with van der Waals surface area (Å²) in [5, 5.41) is 3.22. The van der Waals surface area contributed by atoms with Crippen LogP contribution in [0.5, 0.6) is 11.6 Å². The Morgan fingerprint density at radius 3 is 2.75 bits per heavy atom. The molecule has 0 spiro atoms. The summed E-state index contributed by atoms with van der Waals surface area (Å²) < 4.78 is 10.2. The zero-order valence-electron chi connectivity index (χ0n) is 11.0. The van der Waals surface area contributed by atoms with Gasteiger partial charge in [0.2, 0.25) is 5.88 Å². The van der Waals surface area contributed by atoms with Gasteiger partial charge in [0.15, 0.2) is 0 Å². The molecule has 0 fully saturated rings. The van der Waals surface area contributed by atoms with E-state index in [9.17, 15) is 4.79 Å². The van der Waals surface area contributed by atoms with Crippen molar-refractivity contribution in [3.8, 4) is 11.6 Å². The van der Waals surface area contributed by atoms with E-state index in [1.807, 2.05) is 0 Å². The SMILES string of the molecule is COc1ccc(Cl)cc1NC(=O)c1cccnc1OC. The fraction of sp³-hybridized carbons (Fsp3) is 0.143. The molecule has 0 unspecified atom stereocenters. The predicted molar refractivity (Wildman–Crippen MR) is 76.7 cm³/mol.